The molecule has 10 nitrogen and oxygen atoms in total. The average Bonchev–Trinajstić information content (AvgIpc) is 3.84. The topological polar surface area (TPSA) is 119 Å². The third kappa shape index (κ3) is 6.90. The van der Waals surface area contributed by atoms with Crippen molar-refractivity contribution in [2.45, 2.75) is 19.3 Å². The molecule has 1 amide bonds. The number of hydrogen-bond donors (Lipinski definition) is 1. The number of benzene rings is 2. The van der Waals surface area contributed by atoms with Crippen LogP contribution >= 0.6 is 11.6 Å². The molecule has 2 atom stereocenters. The Bertz CT molecular complexity index is 1650. The standard InChI is InChI=1S/C33H34ClN5O5/c1-41-24-7-5-20(28(16-24)43-3)9-11-39(12-10-21-6-8-25(42-2)17-29(21)44-4)32-27-19-36-31(15-22(27)14-30(34)37-32)38-33(40)26-13-23(26)18-35/h5-8,14-17,19,23,26H,9-13H2,1-4H3,(H,36,38,40)/t23-,26+/m0/s1. The molecule has 0 unspecified atom stereocenters. The highest BCUT2D eigenvalue weighted by molar-refractivity contribution is 6.30. The molecule has 1 saturated carbocycles. The Kier molecular flexibility index (Phi) is 9.56. The van der Waals surface area contributed by atoms with Crippen LogP contribution in [0.5, 0.6) is 23.0 Å². The second kappa shape index (κ2) is 13.7. The van der Waals surface area contributed by atoms with E-state index in [-0.39, 0.29) is 17.7 Å². The number of carbonyl (C=O) groups excluding carboxylic acids is 1. The molecule has 0 radical (unpaired) electrons. The monoisotopic (exact) mass is 615 g/mol. The van der Waals surface area contributed by atoms with Crippen molar-refractivity contribution in [1.82, 2.24) is 9.97 Å². The number of rotatable bonds is 13. The van der Waals surface area contributed by atoms with E-state index in [9.17, 15) is 4.79 Å². The van der Waals surface area contributed by atoms with E-state index in [0.717, 1.165) is 44.9 Å². The van der Waals surface area contributed by atoms with Gasteiger partial charge in [0.2, 0.25) is 5.91 Å². The first kappa shape index (κ1) is 30.7. The van der Waals surface area contributed by atoms with Gasteiger partial charge >= 0.3 is 0 Å². The number of ether oxygens (including phenoxy) is 4. The fraction of sp³-hybridized carbons (Fsp3) is 0.333. The van der Waals surface area contributed by atoms with E-state index in [1.165, 1.54) is 0 Å². The molecule has 2 aromatic carbocycles. The average molecular weight is 616 g/mol. The highest BCUT2D eigenvalue weighted by Crippen LogP contribution is 2.39. The van der Waals surface area contributed by atoms with Gasteiger partial charge in [-0.25, -0.2) is 9.97 Å². The Morgan fingerprint density at radius 1 is 0.955 bits per heavy atom. The highest BCUT2D eigenvalue weighted by Gasteiger charge is 2.43. The van der Waals surface area contributed by atoms with Crippen LogP contribution in [0.1, 0.15) is 17.5 Å². The number of pyridine rings is 2. The van der Waals surface area contributed by atoms with Crippen LogP contribution in [0.2, 0.25) is 5.15 Å². The molecular formula is C33H34ClN5O5. The second-order valence-corrected chi connectivity index (χ2v) is 10.9. The third-order valence-electron chi connectivity index (χ3n) is 7.80. The lowest BCUT2D eigenvalue weighted by molar-refractivity contribution is -0.117. The van der Waals surface area contributed by atoms with Gasteiger partial charge in [0.1, 0.15) is 39.8 Å². The van der Waals surface area contributed by atoms with Gasteiger partial charge in [-0.1, -0.05) is 23.7 Å². The number of nitrogens with zero attached hydrogens (tertiary/aromatic N) is 4. The lowest BCUT2D eigenvalue weighted by Crippen LogP contribution is -2.29. The molecule has 228 valence electrons. The van der Waals surface area contributed by atoms with Crippen LogP contribution in [0.3, 0.4) is 0 Å². The molecule has 2 heterocycles. The number of methoxy groups -OCH3 is 4. The van der Waals surface area contributed by atoms with Crippen LogP contribution in [0, 0.1) is 23.2 Å². The number of halogens is 1. The van der Waals surface area contributed by atoms with Crippen LogP contribution in [-0.4, -0.2) is 57.4 Å². The van der Waals surface area contributed by atoms with E-state index < -0.39 is 0 Å². The summed E-state index contributed by atoms with van der Waals surface area (Å²) in [7, 11) is 6.53. The van der Waals surface area contributed by atoms with Gasteiger partial charge < -0.3 is 29.2 Å². The van der Waals surface area contributed by atoms with Crippen LogP contribution in [0.15, 0.2) is 54.7 Å². The zero-order valence-electron chi connectivity index (χ0n) is 25.1. The quantitative estimate of drug-likeness (QED) is 0.189. The first-order valence-electron chi connectivity index (χ1n) is 14.2. The Morgan fingerprint density at radius 3 is 2.09 bits per heavy atom. The number of fused-ring (bicyclic) bond motifs is 1. The molecule has 1 aliphatic carbocycles. The summed E-state index contributed by atoms with van der Waals surface area (Å²) in [5.74, 6) is 3.25. The molecule has 0 spiro atoms. The summed E-state index contributed by atoms with van der Waals surface area (Å²) in [6, 6.07) is 17.2. The van der Waals surface area contributed by atoms with E-state index in [0.29, 0.717) is 49.1 Å². The number of nitrogens with one attached hydrogen (secondary N) is 1. The van der Waals surface area contributed by atoms with Crippen molar-refractivity contribution >= 4 is 39.9 Å². The lowest BCUT2D eigenvalue weighted by Gasteiger charge is -2.26. The van der Waals surface area contributed by atoms with E-state index in [1.807, 2.05) is 36.4 Å². The van der Waals surface area contributed by atoms with Crippen molar-refractivity contribution in [3.05, 3.63) is 71.0 Å². The largest absolute Gasteiger partial charge is 0.497 e. The molecule has 1 N–H and O–H groups in total. The van der Waals surface area contributed by atoms with Crippen molar-refractivity contribution < 1.29 is 23.7 Å². The number of hydrogen-bond acceptors (Lipinski definition) is 9. The van der Waals surface area contributed by atoms with Gasteiger partial charge in [-0.2, -0.15) is 5.26 Å². The highest BCUT2D eigenvalue weighted by atomic mass is 35.5. The van der Waals surface area contributed by atoms with Crippen LogP contribution in [0.4, 0.5) is 11.6 Å². The van der Waals surface area contributed by atoms with E-state index in [1.54, 1.807) is 46.8 Å². The number of amides is 1. The Labute approximate surface area is 261 Å². The Hall–Kier alpha value is -4.75. The number of carbonyl (C=O) groups is 1. The van der Waals surface area contributed by atoms with Crippen molar-refractivity contribution in [2.24, 2.45) is 11.8 Å². The summed E-state index contributed by atoms with van der Waals surface area (Å²) < 4.78 is 22.0. The fourth-order valence-electron chi connectivity index (χ4n) is 5.21. The molecular weight excluding hydrogens is 582 g/mol. The number of nitriles is 1. The maximum Gasteiger partial charge on any atom is 0.230 e. The first-order chi connectivity index (χ1) is 21.4. The van der Waals surface area contributed by atoms with Gasteiger partial charge in [0.15, 0.2) is 0 Å². The predicted molar refractivity (Wildman–Crippen MR) is 169 cm³/mol. The first-order valence-corrected chi connectivity index (χ1v) is 14.6. The SMILES string of the molecule is COc1ccc(CCN(CCc2ccc(OC)cc2OC)c2nc(Cl)cc3cc(NC(=O)[C@@H]4C[C@H]4C#N)ncc23)c(OC)c1. The summed E-state index contributed by atoms with van der Waals surface area (Å²) in [5.41, 5.74) is 2.04. The van der Waals surface area contributed by atoms with E-state index in [4.69, 9.17) is 40.8 Å². The molecule has 1 aliphatic rings. The summed E-state index contributed by atoms with van der Waals surface area (Å²) in [5, 5.41) is 13.8. The maximum atomic E-state index is 12.6. The molecule has 44 heavy (non-hydrogen) atoms. The Morgan fingerprint density at radius 2 is 1.57 bits per heavy atom. The van der Waals surface area contributed by atoms with E-state index in [2.05, 4.69) is 21.3 Å². The fourth-order valence-corrected chi connectivity index (χ4v) is 5.40. The van der Waals surface area contributed by atoms with Gasteiger partial charge in [-0.05, 0) is 60.0 Å². The number of aromatic nitrogens is 2. The van der Waals surface area contributed by atoms with E-state index >= 15 is 0 Å². The summed E-state index contributed by atoms with van der Waals surface area (Å²) >= 11 is 6.57. The third-order valence-corrected chi connectivity index (χ3v) is 7.99. The number of anilines is 2. The molecule has 11 heteroatoms. The predicted octanol–water partition coefficient (Wildman–Crippen LogP) is 5.71. The van der Waals surface area contributed by atoms with Gasteiger partial charge in [0.25, 0.3) is 0 Å². The molecule has 5 rings (SSSR count). The van der Waals surface area contributed by atoms with Crippen LogP contribution < -0.4 is 29.2 Å². The van der Waals surface area contributed by atoms with Crippen molar-refractivity contribution in [3.8, 4) is 29.1 Å². The molecule has 1 fully saturated rings. The summed E-state index contributed by atoms with van der Waals surface area (Å²) in [6.45, 7) is 1.19. The van der Waals surface area contributed by atoms with Gasteiger partial charge in [0.05, 0.1) is 46.3 Å². The minimum Gasteiger partial charge on any atom is -0.497 e. The molecule has 2 aromatic heterocycles. The van der Waals surface area contributed by atoms with Gasteiger partial charge in [0, 0.05) is 36.8 Å². The molecule has 4 aromatic rings. The van der Waals surface area contributed by atoms with Gasteiger partial charge in [-0.15, -0.1) is 0 Å². The van der Waals surface area contributed by atoms with Crippen LogP contribution in [-0.2, 0) is 17.6 Å². The summed E-state index contributed by atoms with van der Waals surface area (Å²) in [4.78, 5) is 24.0. The molecule has 0 aliphatic heterocycles. The van der Waals surface area contributed by atoms with Crippen molar-refractivity contribution in [3.63, 3.8) is 0 Å². The van der Waals surface area contributed by atoms with Gasteiger partial charge in [-0.3, -0.25) is 4.79 Å². The molecule has 0 bridgehead atoms. The zero-order chi connectivity index (χ0) is 31.2. The zero-order valence-corrected chi connectivity index (χ0v) is 25.9. The minimum absolute atomic E-state index is 0.202. The lowest BCUT2D eigenvalue weighted by atomic mass is 10.1. The van der Waals surface area contributed by atoms with Crippen LogP contribution in [0.25, 0.3) is 10.8 Å². The normalized spacial score (nSPS) is 15.3. The Balaban J connectivity index is 1.46. The second-order valence-electron chi connectivity index (χ2n) is 10.5. The maximum absolute atomic E-state index is 12.6. The minimum atomic E-state index is -0.297. The van der Waals surface area contributed by atoms with Crippen molar-refractivity contribution in [2.75, 3.05) is 51.7 Å². The smallest absolute Gasteiger partial charge is 0.230 e. The molecule has 0 saturated heterocycles. The summed E-state index contributed by atoms with van der Waals surface area (Å²) in [6.07, 6.45) is 3.59. The van der Waals surface area contributed by atoms with Crippen molar-refractivity contribution in [1.29, 1.82) is 5.26 Å².